The van der Waals surface area contributed by atoms with Crippen LogP contribution < -0.4 is 10.2 Å². The topological polar surface area (TPSA) is 50.2 Å². The average molecular weight is 485 g/mol. The van der Waals surface area contributed by atoms with Crippen LogP contribution in [0, 0.1) is 0 Å². The fourth-order valence-electron chi connectivity index (χ4n) is 5.58. The van der Waals surface area contributed by atoms with Gasteiger partial charge in [0.2, 0.25) is 6.41 Å². The predicted molar refractivity (Wildman–Crippen MR) is 148 cm³/mol. The van der Waals surface area contributed by atoms with Gasteiger partial charge in [-0.05, 0) is 40.8 Å². The lowest BCUT2D eigenvalue weighted by molar-refractivity contribution is -0.105. The summed E-state index contributed by atoms with van der Waals surface area (Å²) in [6.45, 7) is 1.62. The molecular formula is C32H28N4O. The van der Waals surface area contributed by atoms with Crippen LogP contribution in [-0.2, 0) is 23.3 Å². The Bertz CT molecular complexity index is 1400. The molecule has 0 atom stereocenters. The van der Waals surface area contributed by atoms with Crippen molar-refractivity contribution in [3.05, 3.63) is 150 Å². The van der Waals surface area contributed by atoms with Crippen LogP contribution in [0.2, 0.25) is 0 Å². The molecule has 1 aliphatic heterocycles. The van der Waals surface area contributed by atoms with E-state index in [1.54, 1.807) is 0 Å². The molecule has 0 aliphatic carbocycles. The highest BCUT2D eigenvalue weighted by Gasteiger charge is 2.38. The van der Waals surface area contributed by atoms with Crippen LogP contribution >= 0.6 is 0 Å². The second-order valence-electron chi connectivity index (χ2n) is 9.36. The molecule has 1 aliphatic rings. The van der Waals surface area contributed by atoms with Crippen molar-refractivity contribution in [1.29, 1.82) is 0 Å². The first kappa shape index (κ1) is 22.8. The molecular weight excluding hydrogens is 456 g/mol. The predicted octanol–water partition coefficient (Wildman–Crippen LogP) is 5.85. The molecule has 37 heavy (non-hydrogen) atoms. The zero-order valence-corrected chi connectivity index (χ0v) is 20.5. The van der Waals surface area contributed by atoms with Crippen molar-refractivity contribution in [3.8, 4) is 0 Å². The number of benzene rings is 4. The van der Waals surface area contributed by atoms with E-state index in [0.717, 1.165) is 36.4 Å². The summed E-state index contributed by atoms with van der Waals surface area (Å²) in [5.74, 6) is 0. The minimum Gasteiger partial charge on any atom is -0.365 e. The third kappa shape index (κ3) is 4.08. The standard InChI is InChI=1S/C32H28N4O/c37-24-34-29-17-16-25-18-19-35(31(25)20-29)21-30-22-36(23-33-30)32(26-10-4-1-5-11-26,27-12-6-2-7-13-27)28-14-8-3-9-15-28/h1-17,20,22-24H,18-19,21H2,(H,34,37). The van der Waals surface area contributed by atoms with Gasteiger partial charge in [0.1, 0.15) is 5.54 Å². The fraction of sp³-hybridized carbons (Fsp3) is 0.125. The summed E-state index contributed by atoms with van der Waals surface area (Å²) >= 11 is 0. The molecule has 0 radical (unpaired) electrons. The molecule has 6 rings (SSSR count). The third-order valence-corrected chi connectivity index (χ3v) is 7.25. The Balaban J connectivity index is 1.45. The number of nitrogens with zero attached hydrogens (tertiary/aromatic N) is 3. The molecule has 1 N–H and O–H groups in total. The van der Waals surface area contributed by atoms with Crippen LogP contribution in [0.3, 0.4) is 0 Å². The van der Waals surface area contributed by atoms with Gasteiger partial charge in [0.25, 0.3) is 0 Å². The Morgan fingerprint density at radius 3 is 1.97 bits per heavy atom. The first-order chi connectivity index (χ1) is 18.3. The molecule has 0 saturated carbocycles. The highest BCUT2D eigenvalue weighted by Crippen LogP contribution is 2.41. The summed E-state index contributed by atoms with van der Waals surface area (Å²) in [5.41, 5.74) is 7.20. The van der Waals surface area contributed by atoms with Crippen molar-refractivity contribution < 1.29 is 4.79 Å². The van der Waals surface area contributed by atoms with Crippen LogP contribution in [0.1, 0.15) is 27.9 Å². The van der Waals surface area contributed by atoms with E-state index in [-0.39, 0.29) is 0 Å². The SMILES string of the molecule is O=CNc1ccc2c(c1)N(Cc1cn(C(c3ccccc3)(c3ccccc3)c3ccccc3)cn1)CC2. The second kappa shape index (κ2) is 9.78. The first-order valence-electron chi connectivity index (χ1n) is 12.6. The number of hydrogen-bond acceptors (Lipinski definition) is 3. The van der Waals surface area contributed by atoms with E-state index in [1.807, 2.05) is 12.4 Å². The normalized spacial score (nSPS) is 12.8. The molecule has 0 unspecified atom stereocenters. The molecule has 2 heterocycles. The summed E-state index contributed by atoms with van der Waals surface area (Å²) in [4.78, 5) is 18.2. The highest BCUT2D eigenvalue weighted by atomic mass is 16.1. The van der Waals surface area contributed by atoms with Crippen molar-refractivity contribution in [2.75, 3.05) is 16.8 Å². The Kier molecular flexibility index (Phi) is 6.03. The monoisotopic (exact) mass is 484 g/mol. The van der Waals surface area contributed by atoms with Crippen LogP contribution in [0.4, 0.5) is 11.4 Å². The number of fused-ring (bicyclic) bond motifs is 1. The zero-order valence-electron chi connectivity index (χ0n) is 20.5. The van der Waals surface area contributed by atoms with Crippen molar-refractivity contribution >= 4 is 17.8 Å². The lowest BCUT2D eigenvalue weighted by Crippen LogP contribution is -2.37. The average Bonchev–Trinajstić information content (AvgIpc) is 3.59. The van der Waals surface area contributed by atoms with Crippen molar-refractivity contribution in [3.63, 3.8) is 0 Å². The summed E-state index contributed by atoms with van der Waals surface area (Å²) in [5, 5.41) is 2.77. The molecule has 0 spiro atoms. The van der Waals surface area contributed by atoms with Gasteiger partial charge < -0.3 is 14.8 Å². The van der Waals surface area contributed by atoms with E-state index < -0.39 is 5.54 Å². The van der Waals surface area contributed by atoms with Gasteiger partial charge in [-0.3, -0.25) is 4.79 Å². The number of rotatable bonds is 8. The molecule has 0 bridgehead atoms. The van der Waals surface area contributed by atoms with Gasteiger partial charge in [-0.15, -0.1) is 0 Å². The molecule has 1 aromatic heterocycles. The van der Waals surface area contributed by atoms with Crippen molar-refractivity contribution in [2.45, 2.75) is 18.5 Å². The largest absolute Gasteiger partial charge is 0.365 e. The number of carbonyl (C=O) groups excluding carboxylic acids is 1. The molecule has 0 saturated heterocycles. The maximum atomic E-state index is 11.0. The molecule has 182 valence electrons. The van der Waals surface area contributed by atoms with E-state index in [9.17, 15) is 4.79 Å². The van der Waals surface area contributed by atoms with Crippen molar-refractivity contribution in [1.82, 2.24) is 9.55 Å². The van der Waals surface area contributed by atoms with Crippen LogP contribution in [0.25, 0.3) is 0 Å². The van der Waals surface area contributed by atoms with E-state index >= 15 is 0 Å². The van der Waals surface area contributed by atoms with E-state index in [1.165, 1.54) is 22.3 Å². The third-order valence-electron chi connectivity index (χ3n) is 7.25. The molecule has 1 amide bonds. The Morgan fingerprint density at radius 1 is 0.811 bits per heavy atom. The van der Waals surface area contributed by atoms with Gasteiger partial charge in [0.05, 0.1) is 18.6 Å². The molecule has 5 aromatic rings. The Morgan fingerprint density at radius 2 is 1.41 bits per heavy atom. The van der Waals surface area contributed by atoms with Gasteiger partial charge in [-0.2, -0.15) is 0 Å². The van der Waals surface area contributed by atoms with Gasteiger partial charge in [0.15, 0.2) is 0 Å². The Labute approximate surface area is 217 Å². The van der Waals surface area contributed by atoms with E-state index in [0.29, 0.717) is 6.54 Å². The summed E-state index contributed by atoms with van der Waals surface area (Å²) in [7, 11) is 0. The maximum absolute atomic E-state index is 11.0. The Hall–Kier alpha value is -4.64. The molecule has 5 nitrogen and oxygen atoms in total. The van der Waals surface area contributed by atoms with Crippen LogP contribution in [-0.4, -0.2) is 22.5 Å². The summed E-state index contributed by atoms with van der Waals surface area (Å²) in [6, 6.07) is 38.0. The number of carbonyl (C=O) groups is 1. The smallest absolute Gasteiger partial charge is 0.211 e. The van der Waals surface area contributed by atoms with E-state index in [4.69, 9.17) is 4.98 Å². The van der Waals surface area contributed by atoms with Gasteiger partial charge in [-0.25, -0.2) is 4.98 Å². The van der Waals surface area contributed by atoms with E-state index in [2.05, 4.69) is 124 Å². The summed E-state index contributed by atoms with van der Waals surface area (Å²) in [6.07, 6.45) is 5.85. The number of nitrogens with one attached hydrogen (secondary N) is 1. The fourth-order valence-corrected chi connectivity index (χ4v) is 5.58. The van der Waals surface area contributed by atoms with Gasteiger partial charge in [-0.1, -0.05) is 97.1 Å². The quantitative estimate of drug-likeness (QED) is 0.222. The minimum atomic E-state index is -0.570. The number of amides is 1. The highest BCUT2D eigenvalue weighted by molar-refractivity contribution is 5.75. The number of anilines is 2. The van der Waals surface area contributed by atoms with Gasteiger partial charge >= 0.3 is 0 Å². The molecule has 4 aromatic carbocycles. The lowest BCUT2D eigenvalue weighted by atomic mass is 9.77. The number of hydrogen-bond donors (Lipinski definition) is 1. The molecule has 5 heteroatoms. The van der Waals surface area contributed by atoms with Gasteiger partial charge in [0, 0.05) is 24.1 Å². The lowest BCUT2D eigenvalue weighted by Gasteiger charge is -2.37. The number of aromatic nitrogens is 2. The minimum absolute atomic E-state index is 0.570. The van der Waals surface area contributed by atoms with Crippen molar-refractivity contribution in [2.24, 2.45) is 0 Å². The van der Waals surface area contributed by atoms with Crippen LogP contribution in [0.15, 0.2) is 122 Å². The maximum Gasteiger partial charge on any atom is 0.211 e. The zero-order chi connectivity index (χ0) is 25.1. The summed E-state index contributed by atoms with van der Waals surface area (Å²) < 4.78 is 2.25. The number of imidazole rings is 1. The molecule has 0 fully saturated rings. The van der Waals surface area contributed by atoms with Crippen LogP contribution in [0.5, 0.6) is 0 Å². The second-order valence-corrected chi connectivity index (χ2v) is 9.36. The first-order valence-corrected chi connectivity index (χ1v) is 12.6.